The van der Waals surface area contributed by atoms with E-state index in [1.54, 1.807) is 24.3 Å². The number of nitrogens with zero attached hydrogens (tertiary/aromatic N) is 1. The number of nitrogens with one attached hydrogen (secondary N) is 2. The Morgan fingerprint density at radius 1 is 0.971 bits per heavy atom. The molecule has 0 aliphatic carbocycles. The van der Waals surface area contributed by atoms with Crippen molar-refractivity contribution >= 4 is 46.9 Å². The third-order valence-electron chi connectivity index (χ3n) is 5.15. The van der Waals surface area contributed by atoms with E-state index in [9.17, 15) is 9.59 Å². The van der Waals surface area contributed by atoms with E-state index in [0.717, 1.165) is 27.9 Å². The van der Waals surface area contributed by atoms with E-state index in [2.05, 4.69) is 15.8 Å². The highest BCUT2D eigenvalue weighted by atomic mass is 35.5. The van der Waals surface area contributed by atoms with Crippen molar-refractivity contribution in [3.63, 3.8) is 0 Å². The van der Waals surface area contributed by atoms with Gasteiger partial charge >= 0.3 is 0 Å². The van der Waals surface area contributed by atoms with Crippen LogP contribution in [0.15, 0.2) is 65.8 Å². The topological polar surface area (TPSA) is 79.8 Å². The summed E-state index contributed by atoms with van der Waals surface area (Å²) >= 11 is 12.1. The molecule has 0 spiro atoms. The molecule has 3 rings (SSSR count). The van der Waals surface area contributed by atoms with Crippen molar-refractivity contribution in [2.24, 2.45) is 5.10 Å². The normalized spacial score (nSPS) is 10.8. The summed E-state index contributed by atoms with van der Waals surface area (Å²) in [5.41, 5.74) is 6.91. The SMILES string of the molecule is Cc1cccc(NC(=O)CCC(=O)NN=Cc2ccc(OCc3ccc(Cl)cc3Cl)cc2)c1C. The van der Waals surface area contributed by atoms with Crippen molar-refractivity contribution in [1.29, 1.82) is 0 Å². The first-order valence-electron chi connectivity index (χ1n) is 10.7. The van der Waals surface area contributed by atoms with Crippen molar-refractivity contribution in [1.82, 2.24) is 5.43 Å². The molecule has 2 amide bonds. The van der Waals surface area contributed by atoms with Gasteiger partial charge in [-0.05, 0) is 73.0 Å². The van der Waals surface area contributed by atoms with Crippen LogP contribution >= 0.6 is 23.2 Å². The lowest BCUT2D eigenvalue weighted by atomic mass is 10.1. The number of carbonyl (C=O) groups excluding carboxylic acids is 2. The Labute approximate surface area is 208 Å². The molecule has 6 nitrogen and oxygen atoms in total. The van der Waals surface area contributed by atoms with Gasteiger partial charge in [-0.25, -0.2) is 5.43 Å². The van der Waals surface area contributed by atoms with E-state index < -0.39 is 0 Å². The van der Waals surface area contributed by atoms with Gasteiger partial charge in [0.15, 0.2) is 0 Å². The molecule has 0 atom stereocenters. The fourth-order valence-electron chi connectivity index (χ4n) is 3.01. The Morgan fingerprint density at radius 2 is 1.71 bits per heavy atom. The molecule has 0 unspecified atom stereocenters. The standard InChI is InChI=1S/C26H25Cl2N3O3/c1-17-4-3-5-24(18(17)2)30-25(32)12-13-26(33)31-29-15-19-6-10-22(11-7-19)34-16-20-8-9-21(27)14-23(20)28/h3-11,14-15H,12-13,16H2,1-2H3,(H,30,32)(H,31,33). The molecule has 3 aromatic carbocycles. The highest BCUT2D eigenvalue weighted by Crippen LogP contribution is 2.23. The first-order chi connectivity index (χ1) is 16.3. The first-order valence-corrected chi connectivity index (χ1v) is 11.4. The van der Waals surface area contributed by atoms with E-state index >= 15 is 0 Å². The van der Waals surface area contributed by atoms with E-state index in [1.807, 2.05) is 50.2 Å². The van der Waals surface area contributed by atoms with Crippen molar-refractivity contribution in [2.45, 2.75) is 33.3 Å². The summed E-state index contributed by atoms with van der Waals surface area (Å²) in [7, 11) is 0. The summed E-state index contributed by atoms with van der Waals surface area (Å²) in [6.45, 7) is 4.24. The fraction of sp³-hybridized carbons (Fsp3) is 0.192. The molecule has 0 saturated heterocycles. The average Bonchev–Trinajstić information content (AvgIpc) is 2.81. The van der Waals surface area contributed by atoms with Crippen molar-refractivity contribution < 1.29 is 14.3 Å². The number of benzene rings is 3. The summed E-state index contributed by atoms with van der Waals surface area (Å²) in [4.78, 5) is 24.1. The molecule has 176 valence electrons. The monoisotopic (exact) mass is 497 g/mol. The summed E-state index contributed by atoms with van der Waals surface area (Å²) in [6, 6.07) is 18.2. The minimum Gasteiger partial charge on any atom is -0.489 e. The number of rotatable bonds is 9. The lowest BCUT2D eigenvalue weighted by Crippen LogP contribution is -2.21. The van der Waals surface area contributed by atoms with Crippen LogP contribution in [0, 0.1) is 13.8 Å². The van der Waals surface area contributed by atoms with Crippen LogP contribution in [-0.4, -0.2) is 18.0 Å². The number of carbonyl (C=O) groups is 2. The Balaban J connectivity index is 1.40. The highest BCUT2D eigenvalue weighted by molar-refractivity contribution is 6.35. The number of aryl methyl sites for hydroxylation is 1. The van der Waals surface area contributed by atoms with Gasteiger partial charge in [-0.2, -0.15) is 5.10 Å². The minimum absolute atomic E-state index is 0.0358. The fourth-order valence-corrected chi connectivity index (χ4v) is 3.47. The van der Waals surface area contributed by atoms with Gasteiger partial charge in [-0.1, -0.05) is 41.4 Å². The van der Waals surface area contributed by atoms with Crippen LogP contribution in [0.1, 0.15) is 35.1 Å². The molecule has 8 heteroatoms. The summed E-state index contributed by atoms with van der Waals surface area (Å²) in [5.74, 6) is 0.109. The number of hydrogen-bond donors (Lipinski definition) is 2. The lowest BCUT2D eigenvalue weighted by Gasteiger charge is -2.10. The zero-order chi connectivity index (χ0) is 24.5. The minimum atomic E-state index is -0.341. The van der Waals surface area contributed by atoms with Crippen molar-refractivity contribution in [3.8, 4) is 5.75 Å². The largest absolute Gasteiger partial charge is 0.489 e. The summed E-state index contributed by atoms with van der Waals surface area (Å²) < 4.78 is 5.74. The number of ether oxygens (including phenoxy) is 1. The number of hydrazone groups is 1. The third-order valence-corrected chi connectivity index (χ3v) is 5.74. The summed E-state index contributed by atoms with van der Waals surface area (Å²) in [6.07, 6.45) is 1.63. The molecule has 0 saturated carbocycles. The molecule has 0 radical (unpaired) electrons. The van der Waals surface area contributed by atoms with Gasteiger partial charge < -0.3 is 10.1 Å². The quantitative estimate of drug-likeness (QED) is 0.278. The van der Waals surface area contributed by atoms with E-state index in [0.29, 0.717) is 22.4 Å². The smallest absolute Gasteiger partial charge is 0.240 e. The Hall–Kier alpha value is -3.35. The molecule has 34 heavy (non-hydrogen) atoms. The maximum absolute atomic E-state index is 12.1. The predicted octanol–water partition coefficient (Wildman–Crippen LogP) is 6.06. The predicted molar refractivity (Wildman–Crippen MR) is 137 cm³/mol. The van der Waals surface area contributed by atoms with Gasteiger partial charge in [-0.15, -0.1) is 0 Å². The Kier molecular flexibility index (Phi) is 9.08. The number of amides is 2. The third kappa shape index (κ3) is 7.61. The van der Waals surface area contributed by atoms with Gasteiger partial charge in [0.2, 0.25) is 11.8 Å². The van der Waals surface area contributed by atoms with Gasteiger partial charge in [0.05, 0.1) is 6.21 Å². The van der Waals surface area contributed by atoms with Gasteiger partial charge in [-0.3, -0.25) is 9.59 Å². The molecule has 2 N–H and O–H groups in total. The molecule has 0 aromatic heterocycles. The van der Waals surface area contributed by atoms with Crippen molar-refractivity contribution in [3.05, 3.63) is 93.0 Å². The molecule has 0 fully saturated rings. The second-order valence-electron chi connectivity index (χ2n) is 7.68. The molecule has 0 aliphatic heterocycles. The van der Waals surface area contributed by atoms with Crippen LogP contribution in [0.4, 0.5) is 5.69 Å². The molecule has 0 heterocycles. The molecular weight excluding hydrogens is 473 g/mol. The maximum Gasteiger partial charge on any atom is 0.240 e. The second kappa shape index (κ2) is 12.2. The van der Waals surface area contributed by atoms with Crippen LogP contribution in [0.3, 0.4) is 0 Å². The van der Waals surface area contributed by atoms with Crippen molar-refractivity contribution in [2.75, 3.05) is 5.32 Å². The maximum atomic E-state index is 12.1. The van der Waals surface area contributed by atoms with Crippen LogP contribution in [0.25, 0.3) is 0 Å². The van der Waals surface area contributed by atoms with E-state index in [-0.39, 0.29) is 24.7 Å². The first kappa shape index (κ1) is 25.3. The highest BCUT2D eigenvalue weighted by Gasteiger charge is 2.09. The van der Waals surface area contributed by atoms with E-state index in [4.69, 9.17) is 27.9 Å². The second-order valence-corrected chi connectivity index (χ2v) is 8.53. The van der Waals surface area contributed by atoms with Gasteiger partial charge in [0.1, 0.15) is 12.4 Å². The van der Waals surface area contributed by atoms with E-state index in [1.165, 1.54) is 6.21 Å². The lowest BCUT2D eigenvalue weighted by molar-refractivity contribution is -0.124. The zero-order valence-electron chi connectivity index (χ0n) is 18.9. The van der Waals surface area contributed by atoms with Crippen LogP contribution in [0.5, 0.6) is 5.75 Å². The van der Waals surface area contributed by atoms with Crippen LogP contribution in [0.2, 0.25) is 10.0 Å². The Morgan fingerprint density at radius 3 is 2.44 bits per heavy atom. The molecule has 0 aliphatic rings. The van der Waals surface area contributed by atoms with Crippen LogP contribution < -0.4 is 15.5 Å². The molecular formula is C26H25Cl2N3O3. The Bertz CT molecular complexity index is 1190. The average molecular weight is 498 g/mol. The molecule has 3 aromatic rings. The molecule has 0 bridgehead atoms. The summed E-state index contributed by atoms with van der Waals surface area (Å²) in [5, 5.41) is 7.91. The van der Waals surface area contributed by atoms with Crippen LogP contribution in [-0.2, 0) is 16.2 Å². The zero-order valence-corrected chi connectivity index (χ0v) is 20.4. The number of anilines is 1. The number of halogens is 2. The van der Waals surface area contributed by atoms with Gasteiger partial charge in [0.25, 0.3) is 0 Å². The van der Waals surface area contributed by atoms with Gasteiger partial charge in [0, 0.05) is 34.1 Å². The number of hydrogen-bond acceptors (Lipinski definition) is 4.